The average molecular weight is 300 g/mol. The Hall–Kier alpha value is -3.23. The highest BCUT2D eigenvalue weighted by Crippen LogP contribution is 2.34. The van der Waals surface area contributed by atoms with Crippen LogP contribution in [0.1, 0.15) is 18.5 Å². The van der Waals surface area contributed by atoms with Crippen LogP contribution < -0.4 is 11.1 Å². The molecule has 0 saturated heterocycles. The van der Waals surface area contributed by atoms with E-state index in [9.17, 15) is 14.9 Å². The lowest BCUT2D eigenvalue weighted by Gasteiger charge is -2.27. The Labute approximate surface area is 124 Å². The fourth-order valence-electron chi connectivity index (χ4n) is 2.50. The molecule has 2 heterocycles. The van der Waals surface area contributed by atoms with Crippen LogP contribution in [0.2, 0.25) is 0 Å². The van der Waals surface area contributed by atoms with Gasteiger partial charge in [-0.2, -0.15) is 10.1 Å². The Morgan fingerprint density at radius 3 is 2.68 bits per heavy atom. The van der Waals surface area contributed by atoms with Gasteiger partial charge in [-0.15, -0.1) is 0 Å². The summed E-state index contributed by atoms with van der Waals surface area (Å²) in [6.07, 6.45) is 1.36. The first-order chi connectivity index (χ1) is 10.5. The number of nitro groups is 1. The van der Waals surface area contributed by atoms with E-state index in [1.54, 1.807) is 19.1 Å². The second-order valence-electron chi connectivity index (χ2n) is 4.81. The highest BCUT2D eigenvalue weighted by molar-refractivity contribution is 5.95. The maximum Gasteiger partial charge on any atom is 0.269 e. The minimum Gasteiger partial charge on any atom is -0.366 e. The summed E-state index contributed by atoms with van der Waals surface area (Å²) in [6.45, 7) is 1.72. The maximum absolute atomic E-state index is 11.8. The first-order valence-corrected chi connectivity index (χ1v) is 6.40. The van der Waals surface area contributed by atoms with Crippen LogP contribution in [-0.2, 0) is 4.79 Å². The molecule has 3 N–H and O–H groups in total. The predicted molar refractivity (Wildman–Crippen MR) is 76.8 cm³/mol. The number of fused-ring (bicyclic) bond motifs is 1. The smallest absolute Gasteiger partial charge is 0.269 e. The topological polar surface area (TPSA) is 129 Å². The van der Waals surface area contributed by atoms with Gasteiger partial charge in [-0.25, -0.2) is 4.68 Å². The van der Waals surface area contributed by atoms with E-state index in [0.29, 0.717) is 22.8 Å². The normalized spacial score (nSPS) is 16.9. The van der Waals surface area contributed by atoms with Crippen molar-refractivity contribution >= 4 is 17.5 Å². The molecule has 1 atom stereocenters. The van der Waals surface area contributed by atoms with E-state index in [1.165, 1.54) is 23.1 Å². The molecular weight excluding hydrogens is 288 g/mol. The molecule has 1 aromatic heterocycles. The van der Waals surface area contributed by atoms with E-state index < -0.39 is 16.9 Å². The number of carbonyl (C=O) groups is 1. The van der Waals surface area contributed by atoms with Crippen molar-refractivity contribution in [1.82, 2.24) is 14.8 Å². The molecule has 1 amide bonds. The Bertz CT molecular complexity index is 792. The summed E-state index contributed by atoms with van der Waals surface area (Å²) in [4.78, 5) is 26.2. The highest BCUT2D eigenvalue weighted by Gasteiger charge is 2.32. The lowest BCUT2D eigenvalue weighted by Crippen LogP contribution is -2.31. The second kappa shape index (κ2) is 4.95. The van der Waals surface area contributed by atoms with Crippen LogP contribution in [0, 0.1) is 10.1 Å². The zero-order chi connectivity index (χ0) is 15.9. The van der Waals surface area contributed by atoms with Gasteiger partial charge in [0, 0.05) is 17.8 Å². The van der Waals surface area contributed by atoms with Crippen molar-refractivity contribution in [3.05, 3.63) is 57.5 Å². The third kappa shape index (κ3) is 2.08. The number of primary amides is 1. The molecule has 22 heavy (non-hydrogen) atoms. The number of non-ortho nitro benzene ring substituents is 1. The van der Waals surface area contributed by atoms with E-state index >= 15 is 0 Å². The number of hydrogen-bond donors (Lipinski definition) is 2. The van der Waals surface area contributed by atoms with Gasteiger partial charge in [-0.1, -0.05) is 0 Å². The van der Waals surface area contributed by atoms with Gasteiger partial charge in [0.15, 0.2) is 0 Å². The van der Waals surface area contributed by atoms with Gasteiger partial charge in [0.25, 0.3) is 5.69 Å². The van der Waals surface area contributed by atoms with Gasteiger partial charge in [-0.3, -0.25) is 14.9 Å². The van der Waals surface area contributed by atoms with Gasteiger partial charge in [-0.05, 0) is 24.6 Å². The molecule has 1 unspecified atom stereocenters. The number of benzene rings is 1. The van der Waals surface area contributed by atoms with Gasteiger partial charge < -0.3 is 11.1 Å². The summed E-state index contributed by atoms with van der Waals surface area (Å²) in [7, 11) is 0. The molecule has 2 aromatic rings. The maximum atomic E-state index is 11.8. The summed E-state index contributed by atoms with van der Waals surface area (Å²) in [6, 6.07) is 5.34. The van der Waals surface area contributed by atoms with E-state index in [0.717, 1.165) is 0 Å². The van der Waals surface area contributed by atoms with Crippen molar-refractivity contribution in [1.29, 1.82) is 0 Å². The minimum absolute atomic E-state index is 0.0298. The molecule has 0 aliphatic carbocycles. The molecule has 112 valence electrons. The molecule has 0 saturated carbocycles. The summed E-state index contributed by atoms with van der Waals surface area (Å²) in [5.41, 5.74) is 7.03. The third-order valence-electron chi connectivity index (χ3n) is 3.48. The standard InChI is InChI=1S/C13H12N6O3/c1-7-10(12(14)20)11(18-13(17-7)15-6-16-18)8-2-4-9(5-3-8)19(21)22/h2-6,11H,1H3,(H2,14,20)(H,15,16,17). The van der Waals surface area contributed by atoms with E-state index in [1.807, 2.05) is 0 Å². The summed E-state index contributed by atoms with van der Waals surface area (Å²) < 4.78 is 1.52. The molecule has 0 radical (unpaired) electrons. The molecule has 3 rings (SSSR count). The van der Waals surface area contributed by atoms with Crippen LogP contribution in [0.4, 0.5) is 11.6 Å². The van der Waals surface area contributed by atoms with Crippen molar-refractivity contribution in [2.45, 2.75) is 13.0 Å². The third-order valence-corrected chi connectivity index (χ3v) is 3.48. The Kier molecular flexibility index (Phi) is 3.09. The monoisotopic (exact) mass is 300 g/mol. The Morgan fingerprint density at radius 2 is 2.09 bits per heavy atom. The first kappa shape index (κ1) is 13.7. The van der Waals surface area contributed by atoms with Gasteiger partial charge in [0.1, 0.15) is 12.4 Å². The number of hydrogen-bond acceptors (Lipinski definition) is 6. The van der Waals surface area contributed by atoms with Crippen LogP contribution >= 0.6 is 0 Å². The molecule has 1 aliphatic rings. The van der Waals surface area contributed by atoms with Crippen LogP contribution in [0.15, 0.2) is 41.9 Å². The number of nitro benzene ring substituents is 1. The summed E-state index contributed by atoms with van der Waals surface area (Å²) in [5.74, 6) is -0.111. The zero-order valence-electron chi connectivity index (χ0n) is 11.6. The van der Waals surface area contributed by atoms with Crippen LogP contribution in [0.25, 0.3) is 0 Å². The second-order valence-corrected chi connectivity index (χ2v) is 4.81. The molecule has 9 heteroatoms. The lowest BCUT2D eigenvalue weighted by molar-refractivity contribution is -0.384. The number of nitrogens with two attached hydrogens (primary N) is 1. The molecule has 1 aromatic carbocycles. The van der Waals surface area contributed by atoms with E-state index in [4.69, 9.17) is 5.73 Å². The van der Waals surface area contributed by atoms with Crippen molar-refractivity contribution in [3.63, 3.8) is 0 Å². The van der Waals surface area contributed by atoms with E-state index in [2.05, 4.69) is 15.4 Å². The first-order valence-electron chi connectivity index (χ1n) is 6.40. The largest absolute Gasteiger partial charge is 0.366 e. The Morgan fingerprint density at radius 1 is 1.41 bits per heavy atom. The highest BCUT2D eigenvalue weighted by atomic mass is 16.6. The minimum atomic E-state index is -0.588. The van der Waals surface area contributed by atoms with E-state index in [-0.39, 0.29) is 5.69 Å². The molecular formula is C13H12N6O3. The molecule has 0 bridgehead atoms. The van der Waals surface area contributed by atoms with Crippen LogP contribution in [0.3, 0.4) is 0 Å². The number of nitrogens with zero attached hydrogens (tertiary/aromatic N) is 4. The molecule has 9 nitrogen and oxygen atoms in total. The van der Waals surface area contributed by atoms with Crippen molar-refractivity contribution in [3.8, 4) is 0 Å². The van der Waals surface area contributed by atoms with Crippen LogP contribution in [0.5, 0.6) is 0 Å². The fraction of sp³-hybridized carbons (Fsp3) is 0.154. The molecule has 1 aliphatic heterocycles. The van der Waals surface area contributed by atoms with Crippen molar-refractivity contribution < 1.29 is 9.72 Å². The number of carbonyl (C=O) groups excluding carboxylic acids is 1. The molecule has 0 spiro atoms. The number of rotatable bonds is 3. The van der Waals surface area contributed by atoms with Crippen molar-refractivity contribution in [2.75, 3.05) is 5.32 Å². The number of allylic oxidation sites excluding steroid dienone is 1. The number of nitrogens with one attached hydrogen (secondary N) is 1. The van der Waals surface area contributed by atoms with Crippen molar-refractivity contribution in [2.24, 2.45) is 5.73 Å². The fourth-order valence-corrected chi connectivity index (χ4v) is 2.50. The number of anilines is 1. The summed E-state index contributed by atoms with van der Waals surface area (Å²) >= 11 is 0. The lowest BCUT2D eigenvalue weighted by atomic mass is 9.95. The zero-order valence-corrected chi connectivity index (χ0v) is 11.6. The SMILES string of the molecule is CC1=C(C(N)=O)C(c2ccc([N+](=O)[O-])cc2)n2ncnc2N1. The Balaban J connectivity index is 2.14. The van der Waals surface area contributed by atoms with Crippen LogP contribution in [-0.4, -0.2) is 25.6 Å². The average Bonchev–Trinajstić information content (AvgIpc) is 2.93. The van der Waals surface area contributed by atoms with Gasteiger partial charge in [0.05, 0.1) is 10.5 Å². The predicted octanol–water partition coefficient (Wildman–Crippen LogP) is 0.960. The van der Waals surface area contributed by atoms with Gasteiger partial charge >= 0.3 is 0 Å². The summed E-state index contributed by atoms with van der Waals surface area (Å²) in [5, 5.41) is 17.8. The van der Waals surface area contributed by atoms with Gasteiger partial charge in [0.2, 0.25) is 11.9 Å². The number of amides is 1. The molecule has 0 fully saturated rings. The number of aromatic nitrogens is 3. The quantitative estimate of drug-likeness (QED) is 0.641.